The van der Waals surface area contributed by atoms with Crippen molar-refractivity contribution in [2.24, 2.45) is 10.7 Å². The lowest BCUT2D eigenvalue weighted by Crippen LogP contribution is -2.51. The number of piperazine rings is 1. The van der Waals surface area contributed by atoms with Crippen LogP contribution < -0.4 is 16.0 Å². The number of aromatic nitrogens is 1. The normalized spacial score (nSPS) is 19.3. The van der Waals surface area contributed by atoms with E-state index >= 15 is 0 Å². The number of aryl methyl sites for hydroxylation is 1. The van der Waals surface area contributed by atoms with E-state index in [1.807, 2.05) is 38.1 Å². The average molecular weight is 490 g/mol. The number of aliphatic imine (C=N–C) groups is 1. The minimum atomic E-state index is -0.506. The van der Waals surface area contributed by atoms with Crippen molar-refractivity contribution < 1.29 is 9.90 Å². The Balaban J connectivity index is 1.66. The number of carbonyl (C=O) groups excluding carboxylic acids is 1. The Bertz CT molecular complexity index is 1060. The minimum absolute atomic E-state index is 0.166. The standard InChI is InChI=1S/C22H28ClN7O2S/c1-14-4-3-5-16(23)20(14)30-15(2)26-18(29-8-6-28(7-9-29)10-11-31)12-19(30)27-22-25-13-17(33-22)21(24)32/h3-5,12-13,15,31H,6-11H2,1-2H3,(H2,24,32)(H,25,27). The van der Waals surface area contributed by atoms with Crippen LogP contribution in [-0.2, 0) is 0 Å². The number of carbonyl (C=O) groups is 1. The molecule has 0 spiro atoms. The van der Waals surface area contributed by atoms with Crippen molar-refractivity contribution in [3.8, 4) is 0 Å². The van der Waals surface area contributed by atoms with E-state index in [0.29, 0.717) is 21.6 Å². The molecule has 1 saturated heterocycles. The van der Waals surface area contributed by atoms with Gasteiger partial charge in [0.05, 0.1) is 23.5 Å². The summed E-state index contributed by atoms with van der Waals surface area (Å²) in [5.74, 6) is 1.14. The zero-order chi connectivity index (χ0) is 23.5. The second-order valence-corrected chi connectivity index (χ2v) is 9.43. The van der Waals surface area contributed by atoms with Crippen molar-refractivity contribution in [2.45, 2.75) is 20.0 Å². The molecule has 3 heterocycles. The molecule has 2 aliphatic rings. The molecule has 1 aromatic heterocycles. The number of para-hydroxylation sites is 1. The second-order valence-electron chi connectivity index (χ2n) is 8.00. The molecule has 33 heavy (non-hydrogen) atoms. The molecule has 2 aromatic rings. The highest BCUT2D eigenvalue weighted by atomic mass is 35.5. The van der Waals surface area contributed by atoms with Gasteiger partial charge in [0.25, 0.3) is 5.91 Å². The van der Waals surface area contributed by atoms with Crippen LogP contribution >= 0.6 is 22.9 Å². The van der Waals surface area contributed by atoms with Crippen LogP contribution in [0.5, 0.6) is 0 Å². The number of hydrogen-bond donors (Lipinski definition) is 3. The Hall–Kier alpha value is -2.66. The van der Waals surface area contributed by atoms with Crippen molar-refractivity contribution in [1.82, 2.24) is 14.8 Å². The summed E-state index contributed by atoms with van der Waals surface area (Å²) in [7, 11) is 0. The zero-order valence-electron chi connectivity index (χ0n) is 18.7. The van der Waals surface area contributed by atoms with E-state index in [4.69, 9.17) is 22.3 Å². The molecule has 4 rings (SSSR count). The summed E-state index contributed by atoms with van der Waals surface area (Å²) in [6.07, 6.45) is 3.25. The minimum Gasteiger partial charge on any atom is -0.395 e. The van der Waals surface area contributed by atoms with Crippen LogP contribution in [0.25, 0.3) is 0 Å². The molecule has 0 radical (unpaired) electrons. The monoisotopic (exact) mass is 489 g/mol. The number of aliphatic hydroxyl groups excluding tert-OH is 1. The van der Waals surface area contributed by atoms with Gasteiger partial charge in [-0.2, -0.15) is 0 Å². The fourth-order valence-electron chi connectivity index (χ4n) is 4.08. The molecule has 1 fully saturated rings. The van der Waals surface area contributed by atoms with Gasteiger partial charge in [0, 0.05) is 38.8 Å². The number of β-amino-alcohol motifs (C(OH)–C–C–N with tert-alkyl or cyclic N) is 1. The van der Waals surface area contributed by atoms with Gasteiger partial charge in [-0.15, -0.1) is 0 Å². The number of aliphatic hydroxyl groups is 1. The molecule has 176 valence electrons. The van der Waals surface area contributed by atoms with Gasteiger partial charge in [0.1, 0.15) is 22.7 Å². The number of amides is 1. The van der Waals surface area contributed by atoms with E-state index in [0.717, 1.165) is 49.1 Å². The molecule has 2 aliphatic heterocycles. The van der Waals surface area contributed by atoms with Crippen LogP contribution in [0.1, 0.15) is 22.2 Å². The Morgan fingerprint density at radius 2 is 2.09 bits per heavy atom. The lowest BCUT2D eigenvalue weighted by atomic mass is 10.1. The number of nitrogens with one attached hydrogen (secondary N) is 1. The van der Waals surface area contributed by atoms with Crippen LogP contribution in [0.2, 0.25) is 5.02 Å². The smallest absolute Gasteiger partial charge is 0.260 e. The third-order valence-corrected chi connectivity index (χ3v) is 6.98. The third-order valence-electron chi connectivity index (χ3n) is 5.74. The number of halogens is 1. The fourth-order valence-corrected chi connectivity index (χ4v) is 5.07. The molecule has 0 aliphatic carbocycles. The quantitative estimate of drug-likeness (QED) is 0.571. The Labute approximate surface area is 202 Å². The summed E-state index contributed by atoms with van der Waals surface area (Å²) in [5, 5.41) is 13.8. The molecule has 0 bridgehead atoms. The maximum absolute atomic E-state index is 11.5. The maximum Gasteiger partial charge on any atom is 0.260 e. The van der Waals surface area contributed by atoms with Gasteiger partial charge >= 0.3 is 0 Å². The van der Waals surface area contributed by atoms with E-state index in [1.54, 1.807) is 0 Å². The largest absolute Gasteiger partial charge is 0.395 e. The Morgan fingerprint density at radius 3 is 2.73 bits per heavy atom. The highest BCUT2D eigenvalue weighted by Gasteiger charge is 2.30. The van der Waals surface area contributed by atoms with Gasteiger partial charge in [0.2, 0.25) is 0 Å². The number of primary amides is 1. The first kappa shape index (κ1) is 23.5. The van der Waals surface area contributed by atoms with E-state index in [9.17, 15) is 9.90 Å². The number of thiazole rings is 1. The summed E-state index contributed by atoms with van der Waals surface area (Å²) >= 11 is 7.82. The number of rotatable bonds is 6. The van der Waals surface area contributed by atoms with Gasteiger partial charge in [-0.05, 0) is 25.5 Å². The zero-order valence-corrected chi connectivity index (χ0v) is 20.2. The average Bonchev–Trinajstić information content (AvgIpc) is 3.25. The number of hydrogen-bond acceptors (Lipinski definition) is 9. The summed E-state index contributed by atoms with van der Waals surface area (Å²) in [5.41, 5.74) is 7.30. The van der Waals surface area contributed by atoms with Gasteiger partial charge in [-0.3, -0.25) is 9.69 Å². The number of anilines is 2. The van der Waals surface area contributed by atoms with Gasteiger partial charge in [0.15, 0.2) is 5.13 Å². The number of benzene rings is 1. The summed E-state index contributed by atoms with van der Waals surface area (Å²) in [6, 6.07) is 5.80. The molecule has 9 nitrogen and oxygen atoms in total. The van der Waals surface area contributed by atoms with Crippen molar-refractivity contribution in [2.75, 3.05) is 49.5 Å². The first-order valence-corrected chi connectivity index (χ1v) is 12.0. The SMILES string of the molecule is Cc1cccc(Cl)c1N1C(Nc2ncc(C(N)=O)s2)=CC(N2CCN(CCO)CC2)=NC1C. The van der Waals surface area contributed by atoms with Gasteiger partial charge in [-0.25, -0.2) is 9.98 Å². The first-order chi connectivity index (χ1) is 15.9. The van der Waals surface area contributed by atoms with Gasteiger partial charge in [-0.1, -0.05) is 35.1 Å². The van der Waals surface area contributed by atoms with Crippen LogP contribution in [-0.4, -0.2) is 77.1 Å². The van der Waals surface area contributed by atoms with E-state index in [1.165, 1.54) is 17.5 Å². The molecular formula is C22H28ClN7O2S. The fraction of sp³-hybridized carbons (Fsp3) is 0.409. The molecular weight excluding hydrogens is 462 g/mol. The number of amidine groups is 1. The highest BCUT2D eigenvalue weighted by Crippen LogP contribution is 2.36. The maximum atomic E-state index is 11.5. The van der Waals surface area contributed by atoms with Gasteiger partial charge < -0.3 is 26.0 Å². The van der Waals surface area contributed by atoms with Crippen molar-refractivity contribution in [1.29, 1.82) is 0 Å². The summed E-state index contributed by atoms with van der Waals surface area (Å²) < 4.78 is 0. The molecule has 1 atom stereocenters. The topological polar surface area (TPSA) is 110 Å². The third kappa shape index (κ3) is 5.14. The molecule has 0 saturated carbocycles. The second kappa shape index (κ2) is 10.1. The molecule has 4 N–H and O–H groups in total. The Kier molecular flexibility index (Phi) is 7.18. The highest BCUT2D eigenvalue weighted by molar-refractivity contribution is 7.17. The number of nitrogens with zero attached hydrogens (tertiary/aromatic N) is 5. The number of nitrogens with two attached hydrogens (primary N) is 1. The summed E-state index contributed by atoms with van der Waals surface area (Å²) in [4.78, 5) is 27.8. The predicted molar refractivity (Wildman–Crippen MR) is 133 cm³/mol. The van der Waals surface area contributed by atoms with Crippen LogP contribution in [0.4, 0.5) is 10.8 Å². The molecule has 1 unspecified atom stereocenters. The lowest BCUT2D eigenvalue weighted by molar-refractivity contribution is 0.100. The van der Waals surface area contributed by atoms with Crippen molar-refractivity contribution in [3.63, 3.8) is 0 Å². The molecule has 11 heteroatoms. The first-order valence-electron chi connectivity index (χ1n) is 10.8. The predicted octanol–water partition coefficient (Wildman–Crippen LogP) is 2.33. The molecule has 1 amide bonds. The Morgan fingerprint density at radius 1 is 1.33 bits per heavy atom. The van der Waals surface area contributed by atoms with Crippen molar-refractivity contribution in [3.05, 3.63) is 51.8 Å². The van der Waals surface area contributed by atoms with Crippen molar-refractivity contribution >= 4 is 45.5 Å². The van der Waals surface area contributed by atoms with E-state index in [2.05, 4.69) is 25.0 Å². The summed E-state index contributed by atoms with van der Waals surface area (Å²) in [6.45, 7) is 8.27. The van der Waals surface area contributed by atoms with Crippen LogP contribution in [0.3, 0.4) is 0 Å². The lowest BCUT2D eigenvalue weighted by Gasteiger charge is -2.40. The van der Waals surface area contributed by atoms with Crippen LogP contribution in [0, 0.1) is 6.92 Å². The van der Waals surface area contributed by atoms with Crippen LogP contribution in [0.15, 0.2) is 41.3 Å². The molecule has 1 aromatic carbocycles. The van der Waals surface area contributed by atoms with E-state index in [-0.39, 0.29) is 12.8 Å². The van der Waals surface area contributed by atoms with E-state index < -0.39 is 5.91 Å².